The number of rotatable bonds is 2. The quantitative estimate of drug-likeness (QED) is 0.465. The second-order valence-electron chi connectivity index (χ2n) is 7.22. The lowest BCUT2D eigenvalue weighted by atomic mass is 9.70. The van der Waals surface area contributed by atoms with Gasteiger partial charge in [0.05, 0.1) is 12.0 Å². The van der Waals surface area contributed by atoms with Crippen molar-refractivity contribution in [3.05, 3.63) is 70.6 Å². The summed E-state index contributed by atoms with van der Waals surface area (Å²) in [6.45, 7) is 7.72. The molecule has 2 aromatic carbocycles. The third-order valence-corrected chi connectivity index (χ3v) is 5.78. The molecule has 2 N–H and O–H groups in total. The lowest BCUT2D eigenvalue weighted by Crippen LogP contribution is -2.38. The van der Waals surface area contributed by atoms with Crippen molar-refractivity contribution in [2.24, 2.45) is 5.41 Å². The molecule has 1 aliphatic carbocycles. The molecule has 1 saturated heterocycles. The molecule has 1 fully saturated rings. The third-order valence-electron chi connectivity index (χ3n) is 5.78. The molecule has 1 heterocycles. The summed E-state index contributed by atoms with van der Waals surface area (Å²) < 4.78 is 0. The summed E-state index contributed by atoms with van der Waals surface area (Å²) in [5, 5.41) is 8.80. The van der Waals surface area contributed by atoms with Gasteiger partial charge >= 0.3 is 0 Å². The largest absolute Gasteiger partial charge is 0.312 e. The van der Waals surface area contributed by atoms with Crippen molar-refractivity contribution >= 4 is 36.7 Å². The van der Waals surface area contributed by atoms with E-state index >= 15 is 0 Å². The lowest BCUT2D eigenvalue weighted by Gasteiger charge is -2.33. The fourth-order valence-corrected chi connectivity index (χ4v) is 4.23. The van der Waals surface area contributed by atoms with Crippen LogP contribution in [0.25, 0.3) is 4.85 Å². The van der Waals surface area contributed by atoms with Gasteiger partial charge in [0.1, 0.15) is 0 Å². The van der Waals surface area contributed by atoms with Gasteiger partial charge in [0, 0.05) is 17.8 Å². The van der Waals surface area contributed by atoms with E-state index in [4.69, 9.17) is 11.8 Å². The number of hydroxylamine groups is 1. The number of hydrogen-bond acceptors (Lipinski definition) is 3. The van der Waals surface area contributed by atoms with Gasteiger partial charge < -0.3 is 4.90 Å². The van der Waals surface area contributed by atoms with E-state index in [1.54, 1.807) is 29.7 Å². The predicted molar refractivity (Wildman–Crippen MR) is 110 cm³/mol. The van der Waals surface area contributed by atoms with Crippen LogP contribution in [-0.4, -0.2) is 23.6 Å². The minimum absolute atomic E-state index is 0. The van der Waals surface area contributed by atoms with Crippen molar-refractivity contribution in [3.63, 3.8) is 0 Å². The predicted octanol–water partition coefficient (Wildman–Crippen LogP) is 3.38. The Morgan fingerprint density at radius 2 is 1.89 bits per heavy atom. The van der Waals surface area contributed by atoms with Gasteiger partial charge in [0.15, 0.2) is 5.69 Å². The summed E-state index contributed by atoms with van der Waals surface area (Å²) in [4.78, 5) is 30.1. The molecule has 0 saturated carbocycles. The molecule has 7 heteroatoms. The molecule has 1 spiro atoms. The smallest absolute Gasteiger partial charge is 0.274 e. The number of fused-ring (bicyclic) bond motifs is 1. The Morgan fingerprint density at radius 3 is 2.57 bits per heavy atom. The number of carbonyl (C=O) groups is 2. The van der Waals surface area contributed by atoms with Gasteiger partial charge in [0.25, 0.3) is 5.91 Å². The van der Waals surface area contributed by atoms with Crippen LogP contribution in [0, 0.1) is 12.0 Å². The van der Waals surface area contributed by atoms with Crippen LogP contribution < -0.4 is 10.4 Å². The Bertz CT molecular complexity index is 968. The zero-order valence-electron chi connectivity index (χ0n) is 15.2. The average Bonchev–Trinajstić information content (AvgIpc) is 3.02. The van der Waals surface area contributed by atoms with E-state index in [1.807, 2.05) is 23.1 Å². The van der Waals surface area contributed by atoms with Crippen LogP contribution in [0.5, 0.6) is 0 Å². The molecule has 4 rings (SSSR count). The van der Waals surface area contributed by atoms with Crippen LogP contribution in [0.3, 0.4) is 0 Å². The molecule has 144 valence electrons. The zero-order valence-corrected chi connectivity index (χ0v) is 16.2. The number of nitrogens with one attached hydrogen (secondary N) is 1. The Hall–Kier alpha value is -2.82. The monoisotopic (exact) mass is 395 g/mol. The maximum atomic E-state index is 13.2. The molecule has 0 unspecified atom stereocenters. The molecule has 1 aliphatic heterocycles. The number of hydrogen-bond donors (Lipinski definition) is 2. The van der Waals surface area contributed by atoms with Crippen molar-refractivity contribution in [3.8, 4) is 0 Å². The van der Waals surface area contributed by atoms with Crippen molar-refractivity contribution < 1.29 is 14.8 Å². The van der Waals surface area contributed by atoms with Crippen LogP contribution in [0.2, 0.25) is 0 Å². The fourth-order valence-electron chi connectivity index (χ4n) is 4.23. The molecule has 2 amide bonds. The molecular weight excluding hydrogens is 374 g/mol. The highest BCUT2D eigenvalue weighted by molar-refractivity contribution is 7.59. The van der Waals surface area contributed by atoms with E-state index in [1.165, 1.54) is 0 Å². The van der Waals surface area contributed by atoms with Gasteiger partial charge in [-0.15, -0.1) is 0 Å². The van der Waals surface area contributed by atoms with Gasteiger partial charge in [-0.3, -0.25) is 14.8 Å². The van der Waals surface area contributed by atoms with E-state index < -0.39 is 11.3 Å². The summed E-state index contributed by atoms with van der Waals surface area (Å²) in [6, 6.07) is 12.5. The molecule has 28 heavy (non-hydrogen) atoms. The highest BCUT2D eigenvalue weighted by atomic mass is 32.1. The van der Waals surface area contributed by atoms with Gasteiger partial charge in [-0.2, -0.15) is 13.5 Å². The first kappa shape index (κ1) is 19.9. The summed E-state index contributed by atoms with van der Waals surface area (Å²) in [5.74, 6) is -0.384. The first-order valence-corrected chi connectivity index (χ1v) is 8.92. The standard InChI is InChI=1S/C21H19N3O3.H2S/c1-22-17-4-6-18(7-5-17)24-11-10-21(20(24)26)9-8-14-12-15(19(25)23-27)2-3-16(14)13-21;/h2-7,12,27H,8-11,13H2,(H,23,25);1H2/t21-;/m1./s1. The Labute approximate surface area is 170 Å². The van der Waals surface area contributed by atoms with Gasteiger partial charge in [-0.25, -0.2) is 10.3 Å². The normalized spacial score (nSPS) is 20.3. The second kappa shape index (κ2) is 7.66. The maximum Gasteiger partial charge on any atom is 0.274 e. The molecule has 2 aliphatic rings. The van der Waals surface area contributed by atoms with Gasteiger partial charge in [-0.1, -0.05) is 18.2 Å². The van der Waals surface area contributed by atoms with Crippen molar-refractivity contribution in [2.45, 2.75) is 25.7 Å². The highest BCUT2D eigenvalue weighted by Crippen LogP contribution is 2.45. The van der Waals surface area contributed by atoms with Crippen LogP contribution >= 0.6 is 13.5 Å². The second-order valence-corrected chi connectivity index (χ2v) is 7.22. The topological polar surface area (TPSA) is 74.0 Å². The molecule has 2 aromatic rings. The Kier molecular flexibility index (Phi) is 5.45. The number of aryl methyl sites for hydroxylation is 1. The summed E-state index contributed by atoms with van der Waals surface area (Å²) in [5.41, 5.74) is 5.24. The summed E-state index contributed by atoms with van der Waals surface area (Å²) in [6.07, 6.45) is 2.95. The number of carbonyl (C=O) groups excluding carboxylic acids is 2. The lowest BCUT2D eigenvalue weighted by molar-refractivity contribution is -0.126. The van der Waals surface area contributed by atoms with E-state index in [2.05, 4.69) is 4.85 Å². The molecule has 6 nitrogen and oxygen atoms in total. The first-order chi connectivity index (χ1) is 13.1. The minimum atomic E-state index is -0.524. The van der Waals surface area contributed by atoms with Gasteiger partial charge in [-0.05, 0) is 61.1 Å². The van der Waals surface area contributed by atoms with Crippen LogP contribution in [0.4, 0.5) is 11.4 Å². The van der Waals surface area contributed by atoms with Crippen molar-refractivity contribution in [2.75, 3.05) is 11.4 Å². The summed E-state index contributed by atoms with van der Waals surface area (Å²) >= 11 is 0. The van der Waals surface area contributed by atoms with E-state index in [9.17, 15) is 9.59 Å². The Morgan fingerprint density at radius 1 is 1.14 bits per heavy atom. The highest BCUT2D eigenvalue weighted by Gasteiger charge is 2.48. The number of anilines is 1. The van der Waals surface area contributed by atoms with Crippen LogP contribution in [-0.2, 0) is 17.6 Å². The minimum Gasteiger partial charge on any atom is -0.312 e. The Balaban J connectivity index is 0.00000225. The fraction of sp³-hybridized carbons (Fsp3) is 0.286. The van der Waals surface area contributed by atoms with Crippen molar-refractivity contribution in [1.29, 1.82) is 0 Å². The third kappa shape index (κ3) is 3.26. The average molecular weight is 395 g/mol. The molecular formula is C21H21N3O3S. The SMILES string of the molecule is S.[C-]#[N+]c1ccc(N2CC[C@@]3(CCc4cc(C(=O)NO)ccc4C3)C2=O)cc1. The van der Waals surface area contributed by atoms with Gasteiger partial charge in [0.2, 0.25) is 5.91 Å². The van der Waals surface area contributed by atoms with E-state index in [-0.39, 0.29) is 19.4 Å². The molecule has 1 atom stereocenters. The van der Waals surface area contributed by atoms with E-state index in [0.29, 0.717) is 24.2 Å². The number of nitrogens with zero attached hydrogens (tertiary/aromatic N) is 2. The molecule has 0 bridgehead atoms. The zero-order chi connectivity index (χ0) is 19.0. The van der Waals surface area contributed by atoms with Crippen LogP contribution in [0.15, 0.2) is 42.5 Å². The molecule has 0 radical (unpaired) electrons. The molecule has 0 aromatic heterocycles. The van der Waals surface area contributed by atoms with E-state index in [0.717, 1.165) is 36.1 Å². The van der Waals surface area contributed by atoms with Crippen LogP contribution in [0.1, 0.15) is 34.3 Å². The number of benzene rings is 2. The van der Waals surface area contributed by atoms with Crippen molar-refractivity contribution in [1.82, 2.24) is 5.48 Å². The summed E-state index contributed by atoms with van der Waals surface area (Å²) in [7, 11) is 0. The maximum absolute atomic E-state index is 13.2. The number of amides is 2. The first-order valence-electron chi connectivity index (χ1n) is 8.92.